The van der Waals surface area contributed by atoms with Crippen molar-refractivity contribution < 1.29 is 4.84 Å². The highest BCUT2D eigenvalue weighted by atomic mass is 35.5. The lowest BCUT2D eigenvalue weighted by atomic mass is 10.1. The van der Waals surface area contributed by atoms with Gasteiger partial charge in [-0.15, -0.1) is 0 Å². The molecule has 1 fully saturated rings. The van der Waals surface area contributed by atoms with Crippen molar-refractivity contribution in [3.05, 3.63) is 34.9 Å². The second-order valence-corrected chi connectivity index (χ2v) is 3.50. The number of hydrogen-bond donors (Lipinski definition) is 1. The Morgan fingerprint density at radius 1 is 1.38 bits per heavy atom. The highest BCUT2D eigenvalue weighted by Crippen LogP contribution is 2.24. The van der Waals surface area contributed by atoms with Gasteiger partial charge in [0, 0.05) is 11.4 Å². The first kappa shape index (κ1) is 8.97. The SMILES string of the molecule is [NH]C1CC(c2ccc(Cl)cc2)NO1. The van der Waals surface area contributed by atoms with Crippen molar-refractivity contribution >= 4 is 11.6 Å². The summed E-state index contributed by atoms with van der Waals surface area (Å²) in [6.07, 6.45) is 0.224. The molecule has 1 aliphatic heterocycles. The largest absolute Gasteiger partial charge is 0.281 e. The van der Waals surface area contributed by atoms with Crippen molar-refractivity contribution in [2.24, 2.45) is 0 Å². The average Bonchev–Trinajstić information content (AvgIpc) is 2.53. The molecule has 0 saturated carbocycles. The van der Waals surface area contributed by atoms with Crippen molar-refractivity contribution in [3.63, 3.8) is 0 Å². The summed E-state index contributed by atoms with van der Waals surface area (Å²) >= 11 is 5.76. The lowest BCUT2D eigenvalue weighted by Crippen LogP contribution is -2.12. The molecule has 1 aliphatic rings. The summed E-state index contributed by atoms with van der Waals surface area (Å²) in [4.78, 5) is 4.93. The Labute approximate surface area is 81.8 Å². The van der Waals surface area contributed by atoms with Gasteiger partial charge in [-0.2, -0.15) is 5.48 Å². The Hall–Kier alpha value is -0.610. The minimum absolute atomic E-state index is 0.125. The third kappa shape index (κ3) is 2.00. The average molecular weight is 198 g/mol. The molecule has 2 atom stereocenters. The van der Waals surface area contributed by atoms with Crippen molar-refractivity contribution in [3.8, 4) is 0 Å². The van der Waals surface area contributed by atoms with E-state index in [1.54, 1.807) is 0 Å². The van der Waals surface area contributed by atoms with Gasteiger partial charge in [-0.3, -0.25) is 4.84 Å². The first-order chi connectivity index (χ1) is 6.25. The second kappa shape index (κ2) is 3.64. The molecule has 0 amide bonds. The van der Waals surface area contributed by atoms with Gasteiger partial charge >= 0.3 is 0 Å². The number of nitrogens with one attached hydrogen (secondary N) is 2. The van der Waals surface area contributed by atoms with Gasteiger partial charge in [0.25, 0.3) is 0 Å². The van der Waals surface area contributed by atoms with Crippen LogP contribution in [0.1, 0.15) is 18.0 Å². The monoisotopic (exact) mass is 197 g/mol. The zero-order valence-electron chi connectivity index (χ0n) is 6.96. The van der Waals surface area contributed by atoms with Crippen LogP contribution in [0, 0.1) is 0 Å². The Kier molecular flexibility index (Phi) is 2.51. The van der Waals surface area contributed by atoms with Crippen molar-refractivity contribution in [1.29, 1.82) is 0 Å². The van der Waals surface area contributed by atoms with Crippen LogP contribution in [-0.4, -0.2) is 6.23 Å². The first-order valence-electron chi connectivity index (χ1n) is 4.13. The summed E-state index contributed by atoms with van der Waals surface area (Å²) in [6, 6.07) is 7.70. The molecule has 2 N–H and O–H groups in total. The minimum atomic E-state index is -0.458. The Morgan fingerprint density at radius 3 is 2.62 bits per heavy atom. The maximum atomic E-state index is 7.34. The molecule has 13 heavy (non-hydrogen) atoms. The Balaban J connectivity index is 2.13. The molecule has 0 aliphatic carbocycles. The fourth-order valence-corrected chi connectivity index (χ4v) is 1.50. The number of benzene rings is 1. The predicted octanol–water partition coefficient (Wildman–Crippen LogP) is 1.91. The van der Waals surface area contributed by atoms with E-state index in [0.29, 0.717) is 6.42 Å². The fourth-order valence-electron chi connectivity index (χ4n) is 1.37. The van der Waals surface area contributed by atoms with Crippen LogP contribution in [-0.2, 0) is 4.84 Å². The van der Waals surface area contributed by atoms with E-state index < -0.39 is 6.23 Å². The number of rotatable bonds is 1. The van der Waals surface area contributed by atoms with E-state index in [9.17, 15) is 0 Å². The molecule has 2 rings (SSSR count). The van der Waals surface area contributed by atoms with E-state index in [1.165, 1.54) is 0 Å². The van der Waals surface area contributed by atoms with Gasteiger partial charge < -0.3 is 0 Å². The van der Waals surface area contributed by atoms with Crippen LogP contribution in [0.15, 0.2) is 24.3 Å². The van der Waals surface area contributed by atoms with Gasteiger partial charge in [-0.1, -0.05) is 23.7 Å². The summed E-state index contributed by atoms with van der Waals surface area (Å²) < 4.78 is 0. The Morgan fingerprint density at radius 2 is 2.08 bits per heavy atom. The van der Waals surface area contributed by atoms with Crippen LogP contribution in [0.5, 0.6) is 0 Å². The summed E-state index contributed by atoms with van der Waals surface area (Å²) in [5.41, 5.74) is 11.3. The van der Waals surface area contributed by atoms with E-state index in [2.05, 4.69) is 5.48 Å². The highest BCUT2D eigenvalue weighted by Gasteiger charge is 2.23. The quantitative estimate of drug-likeness (QED) is 0.748. The standard InChI is InChI=1S/C9H10ClN2O/c10-7-3-1-6(2-4-7)8-5-9(11)13-12-8/h1-4,8-9,11-12H,5H2. The zero-order valence-corrected chi connectivity index (χ0v) is 7.71. The smallest absolute Gasteiger partial charge is 0.143 e. The molecular weight excluding hydrogens is 188 g/mol. The zero-order chi connectivity index (χ0) is 9.26. The fraction of sp³-hybridized carbons (Fsp3) is 0.333. The maximum Gasteiger partial charge on any atom is 0.143 e. The summed E-state index contributed by atoms with van der Waals surface area (Å²) in [5, 5.41) is 0.727. The molecule has 1 radical (unpaired) electrons. The molecule has 3 nitrogen and oxygen atoms in total. The number of halogens is 1. The summed E-state index contributed by atoms with van der Waals surface area (Å²) in [6.45, 7) is 0. The van der Waals surface area contributed by atoms with Gasteiger partial charge in [-0.05, 0) is 17.7 Å². The third-order valence-corrected chi connectivity index (χ3v) is 2.33. The maximum absolute atomic E-state index is 7.34. The van der Waals surface area contributed by atoms with Gasteiger partial charge in [0.2, 0.25) is 0 Å². The topological polar surface area (TPSA) is 45.1 Å². The molecule has 2 unspecified atom stereocenters. The third-order valence-electron chi connectivity index (χ3n) is 2.07. The Bertz CT molecular complexity index is 288. The molecule has 1 heterocycles. The summed E-state index contributed by atoms with van der Waals surface area (Å²) in [5.74, 6) is 0. The molecule has 69 valence electrons. The van der Waals surface area contributed by atoms with E-state index in [0.717, 1.165) is 10.6 Å². The van der Waals surface area contributed by atoms with Gasteiger partial charge in [-0.25, -0.2) is 5.73 Å². The van der Waals surface area contributed by atoms with Crippen LogP contribution in [0.4, 0.5) is 0 Å². The molecule has 0 aromatic heterocycles. The lowest BCUT2D eigenvalue weighted by Gasteiger charge is -2.07. The van der Waals surface area contributed by atoms with E-state index in [-0.39, 0.29) is 6.04 Å². The molecule has 1 saturated heterocycles. The summed E-state index contributed by atoms with van der Waals surface area (Å²) in [7, 11) is 0. The number of hydroxylamine groups is 1. The van der Waals surface area contributed by atoms with E-state index in [1.807, 2.05) is 24.3 Å². The highest BCUT2D eigenvalue weighted by molar-refractivity contribution is 6.30. The lowest BCUT2D eigenvalue weighted by molar-refractivity contribution is 0.0259. The van der Waals surface area contributed by atoms with Crippen molar-refractivity contribution in [2.75, 3.05) is 0 Å². The molecule has 0 spiro atoms. The molecule has 1 aromatic carbocycles. The van der Waals surface area contributed by atoms with Gasteiger partial charge in [0.05, 0.1) is 6.04 Å². The van der Waals surface area contributed by atoms with E-state index >= 15 is 0 Å². The van der Waals surface area contributed by atoms with Crippen LogP contribution in [0.2, 0.25) is 5.02 Å². The molecule has 4 heteroatoms. The van der Waals surface area contributed by atoms with Crippen LogP contribution >= 0.6 is 11.6 Å². The normalized spacial score (nSPS) is 27.8. The molecule has 1 aromatic rings. The van der Waals surface area contributed by atoms with Crippen LogP contribution < -0.4 is 11.2 Å². The second-order valence-electron chi connectivity index (χ2n) is 3.06. The predicted molar refractivity (Wildman–Crippen MR) is 49.9 cm³/mol. The van der Waals surface area contributed by atoms with Crippen molar-refractivity contribution in [2.45, 2.75) is 18.7 Å². The van der Waals surface area contributed by atoms with Gasteiger partial charge in [0.1, 0.15) is 6.23 Å². The van der Waals surface area contributed by atoms with Gasteiger partial charge in [0.15, 0.2) is 0 Å². The number of hydrogen-bond acceptors (Lipinski definition) is 2. The van der Waals surface area contributed by atoms with E-state index in [4.69, 9.17) is 22.2 Å². The van der Waals surface area contributed by atoms with Crippen LogP contribution in [0.3, 0.4) is 0 Å². The van der Waals surface area contributed by atoms with Crippen molar-refractivity contribution in [1.82, 2.24) is 11.2 Å². The van der Waals surface area contributed by atoms with Crippen LogP contribution in [0.25, 0.3) is 0 Å². The first-order valence-corrected chi connectivity index (χ1v) is 4.51. The minimum Gasteiger partial charge on any atom is -0.281 e. The molecular formula is C9H10ClN2O. The molecule has 0 bridgehead atoms.